The first-order valence-corrected chi connectivity index (χ1v) is 7.17. The summed E-state index contributed by atoms with van der Waals surface area (Å²) in [5.74, 6) is -0.423. The predicted molar refractivity (Wildman–Crippen MR) is 83.2 cm³/mol. The zero-order valence-corrected chi connectivity index (χ0v) is 12.4. The third-order valence-electron chi connectivity index (χ3n) is 3.05. The van der Waals surface area contributed by atoms with Gasteiger partial charge < -0.3 is 10.1 Å². The van der Waals surface area contributed by atoms with E-state index < -0.39 is 5.97 Å². The normalized spacial score (nSPS) is 10.6. The number of ether oxygens (including phenoxy) is 1. The average molecular weight is 299 g/mol. The number of anilines is 2. The summed E-state index contributed by atoms with van der Waals surface area (Å²) in [4.78, 5) is 21.1. The maximum absolute atomic E-state index is 11.6. The number of benzene rings is 1. The fraction of sp³-hybridized carbons (Fsp3) is 0.133. The molecule has 0 radical (unpaired) electrons. The van der Waals surface area contributed by atoms with Crippen molar-refractivity contribution in [2.24, 2.45) is 0 Å². The van der Waals surface area contributed by atoms with Crippen molar-refractivity contribution < 1.29 is 9.53 Å². The molecule has 0 spiro atoms. The van der Waals surface area contributed by atoms with E-state index in [0.717, 1.165) is 21.5 Å². The molecule has 106 valence electrons. The first-order chi connectivity index (χ1) is 10.2. The summed E-state index contributed by atoms with van der Waals surface area (Å²) in [5.41, 5.74) is 2.07. The number of aromatic nitrogens is 2. The second-order valence-electron chi connectivity index (χ2n) is 4.42. The predicted octanol–water partition coefficient (Wildman–Crippen LogP) is 3.53. The van der Waals surface area contributed by atoms with Crippen molar-refractivity contribution in [3.63, 3.8) is 0 Å². The van der Waals surface area contributed by atoms with Crippen LogP contribution in [-0.2, 0) is 4.74 Å². The van der Waals surface area contributed by atoms with Gasteiger partial charge in [-0.25, -0.2) is 9.78 Å². The number of esters is 1. The summed E-state index contributed by atoms with van der Waals surface area (Å²) in [6.07, 6.45) is 1.75. The molecule has 1 N–H and O–H groups in total. The lowest BCUT2D eigenvalue weighted by Gasteiger charge is -2.05. The van der Waals surface area contributed by atoms with Gasteiger partial charge in [0.15, 0.2) is 10.8 Å². The number of nitrogens with zero attached hydrogens (tertiary/aromatic N) is 2. The summed E-state index contributed by atoms with van der Waals surface area (Å²) in [6.45, 7) is 1.84. The minimum Gasteiger partial charge on any atom is -0.464 e. The van der Waals surface area contributed by atoms with Crippen LogP contribution in [0.4, 0.5) is 10.8 Å². The minimum absolute atomic E-state index is 0.346. The topological polar surface area (TPSA) is 64.1 Å². The van der Waals surface area contributed by atoms with Crippen molar-refractivity contribution in [2.45, 2.75) is 6.92 Å². The standard InChI is InChI=1S/C15H13N3O2S/c1-9-12(14(19)20-2)18-15(21-9)17-11-7-3-5-10-6-4-8-16-13(10)11/h3-8H,1-2H3,(H,17,18). The van der Waals surface area contributed by atoms with E-state index in [2.05, 4.69) is 15.3 Å². The molecule has 0 aliphatic heterocycles. The molecule has 0 fully saturated rings. The van der Waals surface area contributed by atoms with Gasteiger partial charge in [0, 0.05) is 16.5 Å². The Morgan fingerprint density at radius 1 is 1.29 bits per heavy atom. The Morgan fingerprint density at radius 2 is 2.10 bits per heavy atom. The fourth-order valence-corrected chi connectivity index (χ4v) is 2.87. The summed E-state index contributed by atoms with van der Waals surface area (Å²) >= 11 is 1.41. The highest BCUT2D eigenvalue weighted by atomic mass is 32.1. The Bertz CT molecular complexity index is 808. The van der Waals surface area contributed by atoms with E-state index in [4.69, 9.17) is 4.74 Å². The molecule has 0 saturated carbocycles. The Hall–Kier alpha value is -2.47. The molecule has 2 heterocycles. The lowest BCUT2D eigenvalue weighted by atomic mass is 10.2. The highest BCUT2D eigenvalue weighted by Gasteiger charge is 2.16. The smallest absolute Gasteiger partial charge is 0.357 e. The maximum Gasteiger partial charge on any atom is 0.357 e. The van der Waals surface area contributed by atoms with Gasteiger partial charge in [-0.2, -0.15) is 0 Å². The largest absolute Gasteiger partial charge is 0.464 e. The molecule has 1 aromatic carbocycles. The molecule has 5 nitrogen and oxygen atoms in total. The number of carbonyl (C=O) groups is 1. The van der Waals surface area contributed by atoms with Crippen molar-refractivity contribution in [3.8, 4) is 0 Å². The molecule has 0 atom stereocenters. The highest BCUT2D eigenvalue weighted by Crippen LogP contribution is 2.29. The van der Waals surface area contributed by atoms with Crippen molar-refractivity contribution >= 4 is 39.0 Å². The number of hydrogen-bond acceptors (Lipinski definition) is 6. The van der Waals surface area contributed by atoms with Gasteiger partial charge in [-0.05, 0) is 19.1 Å². The molecule has 0 amide bonds. The average Bonchev–Trinajstić information content (AvgIpc) is 2.87. The van der Waals surface area contributed by atoms with Crippen molar-refractivity contribution in [2.75, 3.05) is 12.4 Å². The van der Waals surface area contributed by atoms with Gasteiger partial charge in [-0.3, -0.25) is 4.98 Å². The van der Waals surface area contributed by atoms with E-state index in [-0.39, 0.29) is 0 Å². The number of hydrogen-bond donors (Lipinski definition) is 1. The van der Waals surface area contributed by atoms with E-state index in [1.165, 1.54) is 18.4 Å². The van der Waals surface area contributed by atoms with E-state index in [1.54, 1.807) is 6.20 Å². The molecule has 0 saturated heterocycles. The lowest BCUT2D eigenvalue weighted by molar-refractivity contribution is 0.0594. The Balaban J connectivity index is 1.98. The molecule has 0 unspecified atom stereocenters. The molecule has 21 heavy (non-hydrogen) atoms. The van der Waals surface area contributed by atoms with Crippen molar-refractivity contribution in [3.05, 3.63) is 47.1 Å². The van der Waals surface area contributed by atoms with Gasteiger partial charge >= 0.3 is 5.97 Å². The van der Waals surface area contributed by atoms with Gasteiger partial charge in [0.25, 0.3) is 0 Å². The molecule has 3 aromatic rings. The summed E-state index contributed by atoms with van der Waals surface area (Å²) in [6, 6.07) is 9.79. The Morgan fingerprint density at radius 3 is 2.90 bits per heavy atom. The van der Waals surface area contributed by atoms with Gasteiger partial charge in [0.05, 0.1) is 18.3 Å². The van der Waals surface area contributed by atoms with Crippen molar-refractivity contribution in [1.82, 2.24) is 9.97 Å². The number of methoxy groups -OCH3 is 1. The van der Waals surface area contributed by atoms with Crippen molar-refractivity contribution in [1.29, 1.82) is 0 Å². The van der Waals surface area contributed by atoms with Gasteiger partial charge in [-0.15, -0.1) is 11.3 Å². The lowest BCUT2D eigenvalue weighted by Crippen LogP contribution is -2.03. The highest BCUT2D eigenvalue weighted by molar-refractivity contribution is 7.15. The summed E-state index contributed by atoms with van der Waals surface area (Å²) in [5, 5.41) is 4.91. The molecule has 0 aliphatic carbocycles. The number of carbonyl (C=O) groups excluding carboxylic acids is 1. The summed E-state index contributed by atoms with van der Waals surface area (Å²) in [7, 11) is 1.35. The molecular weight excluding hydrogens is 286 g/mol. The number of rotatable bonds is 3. The second kappa shape index (κ2) is 5.49. The monoisotopic (exact) mass is 299 g/mol. The number of aryl methyl sites for hydroxylation is 1. The van der Waals surface area contributed by atoms with Crippen LogP contribution in [0.3, 0.4) is 0 Å². The van der Waals surface area contributed by atoms with Crippen LogP contribution in [0.15, 0.2) is 36.5 Å². The molecular formula is C15H13N3O2S. The zero-order chi connectivity index (χ0) is 14.8. The maximum atomic E-state index is 11.6. The third-order valence-corrected chi connectivity index (χ3v) is 3.94. The molecule has 2 aromatic heterocycles. The van der Waals surface area contributed by atoms with E-state index in [9.17, 15) is 4.79 Å². The third kappa shape index (κ3) is 2.57. The van der Waals surface area contributed by atoms with Crippen LogP contribution in [0, 0.1) is 6.92 Å². The van der Waals surface area contributed by atoms with Gasteiger partial charge in [0.2, 0.25) is 0 Å². The Kier molecular flexibility index (Phi) is 3.53. The van der Waals surface area contributed by atoms with Crippen LogP contribution in [0.2, 0.25) is 0 Å². The van der Waals surface area contributed by atoms with Crippen LogP contribution >= 0.6 is 11.3 Å². The summed E-state index contributed by atoms with van der Waals surface area (Å²) < 4.78 is 4.72. The van der Waals surface area contributed by atoms with Crippen LogP contribution in [-0.4, -0.2) is 23.0 Å². The minimum atomic E-state index is -0.423. The van der Waals surface area contributed by atoms with E-state index in [1.807, 2.05) is 37.3 Å². The quantitative estimate of drug-likeness (QED) is 0.749. The molecule has 0 bridgehead atoms. The van der Waals surface area contributed by atoms with Gasteiger partial charge in [0.1, 0.15) is 0 Å². The molecule has 0 aliphatic rings. The van der Waals surface area contributed by atoms with Crippen LogP contribution in [0.1, 0.15) is 15.4 Å². The number of para-hydroxylation sites is 1. The second-order valence-corrected chi connectivity index (χ2v) is 5.62. The van der Waals surface area contributed by atoms with Gasteiger partial charge in [-0.1, -0.05) is 18.2 Å². The fourth-order valence-electron chi connectivity index (χ4n) is 2.06. The molecule has 6 heteroatoms. The number of thiazole rings is 1. The number of fused-ring (bicyclic) bond motifs is 1. The first-order valence-electron chi connectivity index (χ1n) is 6.35. The SMILES string of the molecule is COC(=O)c1nc(Nc2cccc3cccnc23)sc1C. The number of nitrogens with one attached hydrogen (secondary N) is 1. The first kappa shape index (κ1) is 13.5. The van der Waals surface area contributed by atoms with Crippen LogP contribution in [0.25, 0.3) is 10.9 Å². The van der Waals surface area contributed by atoms with E-state index >= 15 is 0 Å². The van der Waals surface area contributed by atoms with Crippen LogP contribution < -0.4 is 5.32 Å². The number of pyridine rings is 1. The van der Waals surface area contributed by atoms with Crippen LogP contribution in [0.5, 0.6) is 0 Å². The Labute approximate surface area is 125 Å². The zero-order valence-electron chi connectivity index (χ0n) is 11.6. The molecule has 3 rings (SSSR count). The van der Waals surface area contributed by atoms with E-state index in [0.29, 0.717) is 10.8 Å².